The standard InChI is InChI=1S/C20H20ClN3O4/c1-3-28-15-5-7-18-16(10-15)14(11-22-18)8-12(2)23-20(25)13-4-6-17(21)19(9-13)24(26)27/h4-7,9-12,22H,3,8H2,1-2H3,(H,23,25)/t12-/m1/s1. The third kappa shape index (κ3) is 4.26. The molecular weight excluding hydrogens is 382 g/mol. The molecule has 28 heavy (non-hydrogen) atoms. The number of H-pyrrole nitrogens is 1. The predicted octanol–water partition coefficient (Wildman–Crippen LogP) is 4.49. The van der Waals surface area contributed by atoms with Gasteiger partial charge in [-0.2, -0.15) is 0 Å². The summed E-state index contributed by atoms with van der Waals surface area (Å²) in [5.74, 6) is 0.406. The second-order valence-corrected chi connectivity index (χ2v) is 6.86. The number of nitrogens with one attached hydrogen (secondary N) is 2. The van der Waals surface area contributed by atoms with Gasteiger partial charge in [0.1, 0.15) is 10.8 Å². The molecule has 146 valence electrons. The van der Waals surface area contributed by atoms with E-state index in [4.69, 9.17) is 16.3 Å². The number of carbonyl (C=O) groups is 1. The van der Waals surface area contributed by atoms with Crippen LogP contribution >= 0.6 is 11.6 Å². The average Bonchev–Trinajstić information content (AvgIpc) is 3.04. The van der Waals surface area contributed by atoms with Crippen LogP contribution in [0.3, 0.4) is 0 Å². The number of aromatic nitrogens is 1. The zero-order chi connectivity index (χ0) is 20.3. The molecule has 0 bridgehead atoms. The number of hydrogen-bond acceptors (Lipinski definition) is 4. The molecule has 1 atom stereocenters. The number of amides is 1. The Morgan fingerprint density at radius 2 is 2.11 bits per heavy atom. The van der Waals surface area contributed by atoms with Crippen molar-refractivity contribution in [3.63, 3.8) is 0 Å². The lowest BCUT2D eigenvalue weighted by atomic mass is 10.1. The number of fused-ring (bicyclic) bond motifs is 1. The summed E-state index contributed by atoms with van der Waals surface area (Å²) in [6.45, 7) is 4.40. The lowest BCUT2D eigenvalue weighted by Crippen LogP contribution is -2.34. The molecule has 2 aromatic carbocycles. The second kappa shape index (κ2) is 8.31. The zero-order valence-corrected chi connectivity index (χ0v) is 16.2. The number of hydrogen-bond donors (Lipinski definition) is 2. The van der Waals surface area contributed by atoms with Crippen molar-refractivity contribution in [2.24, 2.45) is 0 Å². The van der Waals surface area contributed by atoms with E-state index in [1.54, 1.807) is 0 Å². The van der Waals surface area contributed by atoms with E-state index in [0.29, 0.717) is 13.0 Å². The van der Waals surface area contributed by atoms with Crippen molar-refractivity contribution in [1.82, 2.24) is 10.3 Å². The summed E-state index contributed by atoms with van der Waals surface area (Å²) >= 11 is 5.80. The van der Waals surface area contributed by atoms with E-state index in [1.165, 1.54) is 18.2 Å². The van der Waals surface area contributed by atoms with Gasteiger partial charge in [-0.05, 0) is 56.2 Å². The van der Waals surface area contributed by atoms with E-state index in [-0.39, 0.29) is 28.2 Å². The van der Waals surface area contributed by atoms with Crippen molar-refractivity contribution in [2.75, 3.05) is 6.61 Å². The fourth-order valence-electron chi connectivity index (χ4n) is 3.06. The minimum atomic E-state index is -0.607. The molecule has 3 aromatic rings. The van der Waals surface area contributed by atoms with Crippen LogP contribution in [-0.2, 0) is 6.42 Å². The average molecular weight is 402 g/mol. The second-order valence-electron chi connectivity index (χ2n) is 6.46. The third-order valence-electron chi connectivity index (χ3n) is 4.36. The number of nitro groups is 1. The number of halogens is 1. The van der Waals surface area contributed by atoms with Gasteiger partial charge >= 0.3 is 0 Å². The van der Waals surface area contributed by atoms with Crippen LogP contribution in [0.2, 0.25) is 5.02 Å². The summed E-state index contributed by atoms with van der Waals surface area (Å²) in [4.78, 5) is 26.1. The van der Waals surface area contributed by atoms with Crippen molar-refractivity contribution >= 4 is 34.1 Å². The van der Waals surface area contributed by atoms with Crippen LogP contribution in [0.4, 0.5) is 5.69 Å². The van der Waals surface area contributed by atoms with Crippen LogP contribution < -0.4 is 10.1 Å². The topological polar surface area (TPSA) is 97.3 Å². The van der Waals surface area contributed by atoms with Gasteiger partial charge in [0, 0.05) is 34.8 Å². The minimum Gasteiger partial charge on any atom is -0.494 e. The van der Waals surface area contributed by atoms with Crippen LogP contribution in [0.15, 0.2) is 42.6 Å². The maximum atomic E-state index is 12.5. The highest BCUT2D eigenvalue weighted by atomic mass is 35.5. The van der Waals surface area contributed by atoms with E-state index in [0.717, 1.165) is 22.2 Å². The monoisotopic (exact) mass is 401 g/mol. The van der Waals surface area contributed by atoms with Crippen molar-refractivity contribution in [3.05, 3.63) is 68.9 Å². The van der Waals surface area contributed by atoms with Gasteiger partial charge in [-0.25, -0.2) is 0 Å². The normalized spacial score (nSPS) is 12.0. The molecule has 0 spiro atoms. The van der Waals surface area contributed by atoms with Crippen molar-refractivity contribution < 1.29 is 14.5 Å². The SMILES string of the molecule is CCOc1ccc2[nH]cc(C[C@@H](C)NC(=O)c3ccc(Cl)c([N+](=O)[O-])c3)c2c1. The Morgan fingerprint density at radius 3 is 2.82 bits per heavy atom. The van der Waals surface area contributed by atoms with E-state index >= 15 is 0 Å². The van der Waals surface area contributed by atoms with Crippen molar-refractivity contribution in [2.45, 2.75) is 26.3 Å². The minimum absolute atomic E-state index is 0.00139. The Balaban J connectivity index is 1.73. The quantitative estimate of drug-likeness (QED) is 0.450. The van der Waals surface area contributed by atoms with Crippen LogP contribution in [0, 0.1) is 10.1 Å². The lowest BCUT2D eigenvalue weighted by molar-refractivity contribution is -0.384. The molecule has 0 aliphatic rings. The maximum Gasteiger partial charge on any atom is 0.288 e. The van der Waals surface area contributed by atoms with E-state index in [9.17, 15) is 14.9 Å². The number of nitrogens with zero attached hydrogens (tertiary/aromatic N) is 1. The van der Waals surface area contributed by atoms with Gasteiger partial charge in [-0.1, -0.05) is 11.6 Å². The van der Waals surface area contributed by atoms with Gasteiger partial charge in [-0.3, -0.25) is 14.9 Å². The Morgan fingerprint density at radius 1 is 1.32 bits per heavy atom. The molecule has 0 radical (unpaired) electrons. The molecule has 0 aliphatic carbocycles. The molecule has 0 saturated heterocycles. The first kappa shape index (κ1) is 19.7. The third-order valence-corrected chi connectivity index (χ3v) is 4.68. The molecule has 0 unspecified atom stereocenters. The number of benzene rings is 2. The van der Waals surface area contributed by atoms with Crippen molar-refractivity contribution in [3.8, 4) is 5.75 Å². The lowest BCUT2D eigenvalue weighted by Gasteiger charge is -2.14. The summed E-state index contributed by atoms with van der Waals surface area (Å²) in [6, 6.07) is 9.67. The van der Waals surface area contributed by atoms with Crippen LogP contribution in [-0.4, -0.2) is 28.5 Å². The predicted molar refractivity (Wildman–Crippen MR) is 108 cm³/mol. The molecular formula is C20H20ClN3O4. The van der Waals surface area contributed by atoms with Gasteiger partial charge in [-0.15, -0.1) is 0 Å². The number of ether oxygens (including phenoxy) is 1. The summed E-state index contributed by atoms with van der Waals surface area (Å²) in [7, 11) is 0. The molecule has 0 fully saturated rings. The first-order valence-electron chi connectivity index (χ1n) is 8.86. The molecule has 8 heteroatoms. The highest BCUT2D eigenvalue weighted by Crippen LogP contribution is 2.26. The van der Waals surface area contributed by atoms with Crippen LogP contribution in [0.1, 0.15) is 29.8 Å². The molecule has 1 heterocycles. The molecule has 0 saturated carbocycles. The fourth-order valence-corrected chi connectivity index (χ4v) is 3.25. The fraction of sp³-hybridized carbons (Fsp3) is 0.250. The maximum absolute atomic E-state index is 12.5. The summed E-state index contributed by atoms with van der Waals surface area (Å²) in [5.41, 5.74) is 1.94. The van der Waals surface area contributed by atoms with E-state index < -0.39 is 4.92 Å². The molecule has 3 rings (SSSR count). The first-order valence-corrected chi connectivity index (χ1v) is 9.24. The van der Waals surface area contributed by atoms with Gasteiger partial charge in [0.25, 0.3) is 11.6 Å². The largest absolute Gasteiger partial charge is 0.494 e. The molecule has 0 aliphatic heterocycles. The number of aromatic amines is 1. The van der Waals surface area contributed by atoms with Crippen molar-refractivity contribution in [1.29, 1.82) is 0 Å². The summed E-state index contributed by atoms with van der Waals surface area (Å²) < 4.78 is 5.56. The highest BCUT2D eigenvalue weighted by Gasteiger charge is 2.18. The number of rotatable bonds is 7. The molecule has 1 aromatic heterocycles. The van der Waals surface area contributed by atoms with E-state index in [2.05, 4.69) is 10.3 Å². The molecule has 2 N–H and O–H groups in total. The van der Waals surface area contributed by atoms with Gasteiger partial charge in [0.2, 0.25) is 0 Å². The van der Waals surface area contributed by atoms with E-state index in [1.807, 2.05) is 38.2 Å². The Bertz CT molecular complexity index is 1030. The molecule has 7 nitrogen and oxygen atoms in total. The Labute approximate surface area is 166 Å². The summed E-state index contributed by atoms with van der Waals surface area (Å²) in [5, 5.41) is 14.9. The van der Waals surface area contributed by atoms with Crippen LogP contribution in [0.5, 0.6) is 5.75 Å². The summed E-state index contributed by atoms with van der Waals surface area (Å²) in [6.07, 6.45) is 2.51. The van der Waals surface area contributed by atoms with Gasteiger partial charge < -0.3 is 15.0 Å². The zero-order valence-electron chi connectivity index (χ0n) is 15.5. The highest BCUT2D eigenvalue weighted by molar-refractivity contribution is 6.32. The molecule has 1 amide bonds. The first-order chi connectivity index (χ1) is 13.4. The smallest absolute Gasteiger partial charge is 0.288 e. The van der Waals surface area contributed by atoms with Crippen LogP contribution in [0.25, 0.3) is 10.9 Å². The van der Waals surface area contributed by atoms with Gasteiger partial charge in [0.15, 0.2) is 0 Å². The Hall–Kier alpha value is -3.06. The number of nitro benzene ring substituents is 1. The van der Waals surface area contributed by atoms with Gasteiger partial charge in [0.05, 0.1) is 11.5 Å². The number of carbonyl (C=O) groups excluding carboxylic acids is 1. The Kier molecular flexibility index (Phi) is 5.84.